The van der Waals surface area contributed by atoms with E-state index in [1.807, 2.05) is 0 Å². The fourth-order valence-electron chi connectivity index (χ4n) is 2.50. The Morgan fingerprint density at radius 3 is 2.94 bits per heavy atom. The first-order valence-electron chi connectivity index (χ1n) is 7.12. The Kier molecular flexibility index (Phi) is 4.93. The molecule has 2 heterocycles. The average Bonchev–Trinajstić information content (AvgIpc) is 2.91. The zero-order valence-corrected chi connectivity index (χ0v) is 11.5. The van der Waals surface area contributed by atoms with Crippen molar-refractivity contribution in [2.45, 2.75) is 45.6 Å². The van der Waals surface area contributed by atoms with Crippen LogP contribution in [0.2, 0.25) is 0 Å². The van der Waals surface area contributed by atoms with Gasteiger partial charge in [-0.05, 0) is 32.2 Å². The van der Waals surface area contributed by atoms with Crippen molar-refractivity contribution >= 4 is 5.82 Å². The highest BCUT2D eigenvalue weighted by Gasteiger charge is 2.18. The topological polar surface area (TPSA) is 41.0 Å². The molecule has 0 amide bonds. The van der Waals surface area contributed by atoms with Crippen LogP contribution in [0.15, 0.2) is 12.4 Å². The number of aryl methyl sites for hydroxylation is 1. The summed E-state index contributed by atoms with van der Waals surface area (Å²) >= 11 is 0. The number of hydrogen-bond acceptors (Lipinski definition) is 4. The first kappa shape index (κ1) is 13.3. The van der Waals surface area contributed by atoms with Gasteiger partial charge in [0.05, 0.1) is 0 Å². The van der Waals surface area contributed by atoms with E-state index in [0.29, 0.717) is 6.04 Å². The van der Waals surface area contributed by atoms with Crippen LogP contribution in [0.4, 0.5) is 5.82 Å². The molecule has 0 radical (unpaired) electrons. The van der Waals surface area contributed by atoms with Gasteiger partial charge in [-0.25, -0.2) is 9.97 Å². The molecule has 1 aliphatic rings. The van der Waals surface area contributed by atoms with E-state index in [0.717, 1.165) is 44.0 Å². The van der Waals surface area contributed by atoms with Gasteiger partial charge < -0.3 is 10.2 Å². The minimum atomic E-state index is 0.622. The summed E-state index contributed by atoms with van der Waals surface area (Å²) in [5.74, 6) is 1.08. The summed E-state index contributed by atoms with van der Waals surface area (Å²) in [7, 11) is 0. The SMILES string of the molecule is CCCN(CC1CCCN1)c1cc(CC)ncn1. The van der Waals surface area contributed by atoms with Crippen LogP contribution in [0.1, 0.15) is 38.8 Å². The molecule has 0 bridgehead atoms. The zero-order valence-electron chi connectivity index (χ0n) is 11.5. The molecule has 0 aliphatic carbocycles. The lowest BCUT2D eigenvalue weighted by Crippen LogP contribution is -2.38. The van der Waals surface area contributed by atoms with Crippen molar-refractivity contribution in [2.75, 3.05) is 24.5 Å². The Morgan fingerprint density at radius 1 is 1.39 bits per heavy atom. The van der Waals surface area contributed by atoms with E-state index < -0.39 is 0 Å². The highest BCUT2D eigenvalue weighted by atomic mass is 15.2. The summed E-state index contributed by atoms with van der Waals surface area (Å²) in [4.78, 5) is 11.1. The maximum atomic E-state index is 4.44. The Hall–Kier alpha value is -1.16. The van der Waals surface area contributed by atoms with Crippen LogP contribution in [0.25, 0.3) is 0 Å². The van der Waals surface area contributed by atoms with Crippen molar-refractivity contribution in [3.05, 3.63) is 18.1 Å². The molecular weight excluding hydrogens is 224 g/mol. The molecule has 18 heavy (non-hydrogen) atoms. The lowest BCUT2D eigenvalue weighted by Gasteiger charge is -2.26. The van der Waals surface area contributed by atoms with Gasteiger partial charge in [0, 0.05) is 30.9 Å². The Balaban J connectivity index is 2.06. The zero-order chi connectivity index (χ0) is 12.8. The largest absolute Gasteiger partial charge is 0.355 e. The maximum Gasteiger partial charge on any atom is 0.132 e. The molecule has 1 saturated heterocycles. The molecule has 0 aromatic carbocycles. The van der Waals surface area contributed by atoms with Crippen LogP contribution in [0.5, 0.6) is 0 Å². The smallest absolute Gasteiger partial charge is 0.132 e. The lowest BCUT2D eigenvalue weighted by molar-refractivity contribution is 0.575. The summed E-state index contributed by atoms with van der Waals surface area (Å²) in [6.07, 6.45) is 6.40. The number of anilines is 1. The van der Waals surface area contributed by atoms with Gasteiger partial charge >= 0.3 is 0 Å². The van der Waals surface area contributed by atoms with Crippen LogP contribution in [0, 0.1) is 0 Å². The molecule has 2 rings (SSSR count). The summed E-state index contributed by atoms with van der Waals surface area (Å²) in [6, 6.07) is 2.75. The van der Waals surface area contributed by atoms with Crippen molar-refractivity contribution in [3.63, 3.8) is 0 Å². The monoisotopic (exact) mass is 248 g/mol. The van der Waals surface area contributed by atoms with Crippen molar-refractivity contribution in [1.82, 2.24) is 15.3 Å². The second-order valence-corrected chi connectivity index (χ2v) is 4.96. The summed E-state index contributed by atoms with van der Waals surface area (Å²) < 4.78 is 0. The minimum Gasteiger partial charge on any atom is -0.355 e. The van der Waals surface area contributed by atoms with Crippen molar-refractivity contribution < 1.29 is 0 Å². The molecule has 0 spiro atoms. The first-order chi connectivity index (χ1) is 8.83. The third kappa shape index (κ3) is 3.42. The predicted octanol–water partition coefficient (Wildman–Crippen LogP) is 2.01. The fourth-order valence-corrected chi connectivity index (χ4v) is 2.50. The van der Waals surface area contributed by atoms with E-state index in [1.54, 1.807) is 6.33 Å². The van der Waals surface area contributed by atoms with Gasteiger partial charge in [0.1, 0.15) is 12.1 Å². The fraction of sp³-hybridized carbons (Fsp3) is 0.714. The number of aromatic nitrogens is 2. The van der Waals surface area contributed by atoms with Crippen LogP contribution in [-0.2, 0) is 6.42 Å². The van der Waals surface area contributed by atoms with Crippen LogP contribution in [-0.4, -0.2) is 35.6 Å². The number of nitrogens with zero attached hydrogens (tertiary/aromatic N) is 3. The van der Waals surface area contributed by atoms with E-state index in [-0.39, 0.29) is 0 Å². The first-order valence-corrected chi connectivity index (χ1v) is 7.12. The van der Waals surface area contributed by atoms with Crippen LogP contribution >= 0.6 is 0 Å². The second-order valence-electron chi connectivity index (χ2n) is 4.96. The normalized spacial score (nSPS) is 19.1. The molecule has 4 heteroatoms. The molecule has 1 atom stereocenters. The Labute approximate surface area is 110 Å². The third-order valence-electron chi connectivity index (χ3n) is 3.49. The highest BCUT2D eigenvalue weighted by molar-refractivity contribution is 5.39. The predicted molar refractivity (Wildman–Crippen MR) is 74.9 cm³/mol. The molecule has 1 fully saturated rings. The Bertz CT molecular complexity index is 361. The average molecular weight is 248 g/mol. The maximum absolute atomic E-state index is 4.44. The molecule has 0 saturated carbocycles. The van der Waals surface area contributed by atoms with Gasteiger partial charge in [-0.2, -0.15) is 0 Å². The quantitative estimate of drug-likeness (QED) is 0.836. The van der Waals surface area contributed by atoms with E-state index in [9.17, 15) is 0 Å². The van der Waals surface area contributed by atoms with E-state index in [1.165, 1.54) is 12.8 Å². The van der Waals surface area contributed by atoms with Crippen LogP contribution < -0.4 is 10.2 Å². The minimum absolute atomic E-state index is 0.622. The number of rotatable bonds is 6. The van der Waals surface area contributed by atoms with Crippen LogP contribution in [0.3, 0.4) is 0 Å². The summed E-state index contributed by atoms with van der Waals surface area (Å²) in [6.45, 7) is 7.65. The van der Waals surface area contributed by atoms with Gasteiger partial charge in [-0.15, -0.1) is 0 Å². The van der Waals surface area contributed by atoms with Crippen molar-refractivity contribution in [1.29, 1.82) is 0 Å². The van der Waals surface area contributed by atoms with E-state index >= 15 is 0 Å². The molecule has 1 aromatic rings. The summed E-state index contributed by atoms with van der Waals surface area (Å²) in [5.41, 5.74) is 1.13. The van der Waals surface area contributed by atoms with E-state index in [4.69, 9.17) is 0 Å². The van der Waals surface area contributed by atoms with Gasteiger partial charge in [0.15, 0.2) is 0 Å². The standard InChI is InChI=1S/C14H24N4/c1-3-8-18(10-13-6-5-7-15-13)14-9-12(4-2)16-11-17-14/h9,11,13,15H,3-8,10H2,1-2H3. The third-order valence-corrected chi connectivity index (χ3v) is 3.49. The summed E-state index contributed by atoms with van der Waals surface area (Å²) in [5, 5.41) is 3.56. The molecule has 1 aromatic heterocycles. The van der Waals surface area contributed by atoms with Gasteiger partial charge in [-0.1, -0.05) is 13.8 Å². The lowest BCUT2D eigenvalue weighted by atomic mass is 10.2. The Morgan fingerprint density at radius 2 is 2.28 bits per heavy atom. The van der Waals surface area contributed by atoms with Gasteiger partial charge in [0.2, 0.25) is 0 Å². The molecular formula is C14H24N4. The van der Waals surface area contributed by atoms with Gasteiger partial charge in [-0.3, -0.25) is 0 Å². The molecule has 1 aliphatic heterocycles. The second kappa shape index (κ2) is 6.69. The molecule has 1 unspecified atom stereocenters. The molecule has 1 N–H and O–H groups in total. The van der Waals surface area contributed by atoms with E-state index in [2.05, 4.69) is 40.1 Å². The van der Waals surface area contributed by atoms with Crippen molar-refractivity contribution in [2.24, 2.45) is 0 Å². The number of nitrogens with one attached hydrogen (secondary N) is 1. The van der Waals surface area contributed by atoms with Crippen molar-refractivity contribution in [3.8, 4) is 0 Å². The highest BCUT2D eigenvalue weighted by Crippen LogP contribution is 2.15. The van der Waals surface area contributed by atoms with Gasteiger partial charge in [0.25, 0.3) is 0 Å². The number of hydrogen-bond donors (Lipinski definition) is 1. The molecule has 100 valence electrons. The molecule has 4 nitrogen and oxygen atoms in total.